The highest BCUT2D eigenvalue weighted by Gasteiger charge is 2.27. The van der Waals surface area contributed by atoms with Crippen LogP contribution in [-0.2, 0) is 12.8 Å². The summed E-state index contributed by atoms with van der Waals surface area (Å²) in [5, 5.41) is 22.4. The highest BCUT2D eigenvalue weighted by Crippen LogP contribution is 2.37. The van der Waals surface area contributed by atoms with Crippen molar-refractivity contribution in [3.8, 4) is 11.5 Å². The number of hydrogen-bond donors (Lipinski definition) is 2. The fraction of sp³-hybridized carbons (Fsp3) is 0.286. The van der Waals surface area contributed by atoms with Gasteiger partial charge in [-0.3, -0.25) is 5.10 Å². The number of halogens is 1. The number of nitrogens with one attached hydrogen (secondary N) is 2. The van der Waals surface area contributed by atoms with E-state index in [-0.39, 0.29) is 0 Å². The Hall–Kier alpha value is -2.21. The Balaban J connectivity index is 1.72. The summed E-state index contributed by atoms with van der Waals surface area (Å²) >= 11 is 6.33. The first-order valence-corrected chi connectivity index (χ1v) is 7.25. The van der Waals surface area contributed by atoms with Gasteiger partial charge in [-0.1, -0.05) is 29.8 Å². The maximum absolute atomic E-state index is 6.33. The minimum atomic E-state index is 0.398. The van der Waals surface area contributed by atoms with Gasteiger partial charge in [0.1, 0.15) is 5.69 Å². The lowest BCUT2D eigenvalue weighted by molar-refractivity contribution is 0.580. The molecule has 2 aromatic heterocycles. The van der Waals surface area contributed by atoms with Crippen molar-refractivity contribution in [1.82, 2.24) is 30.8 Å². The topological polar surface area (TPSA) is 83.1 Å². The van der Waals surface area contributed by atoms with E-state index in [0.29, 0.717) is 11.7 Å². The molecule has 6 nitrogen and oxygen atoms in total. The smallest absolute Gasteiger partial charge is 0.225 e. The third-order valence-corrected chi connectivity index (χ3v) is 4.39. The molecule has 0 saturated heterocycles. The third kappa shape index (κ3) is 2.12. The van der Waals surface area contributed by atoms with E-state index in [1.54, 1.807) is 0 Å². The van der Waals surface area contributed by atoms with Gasteiger partial charge in [0.25, 0.3) is 0 Å². The molecule has 0 spiro atoms. The number of rotatable bonds is 2. The molecular weight excluding hydrogens is 288 g/mol. The Morgan fingerprint density at radius 1 is 1.19 bits per heavy atom. The van der Waals surface area contributed by atoms with E-state index in [0.717, 1.165) is 35.7 Å². The Bertz CT molecular complexity index is 764. The largest absolute Gasteiger partial charge is 0.282 e. The maximum atomic E-state index is 6.33. The van der Waals surface area contributed by atoms with Gasteiger partial charge in [-0.2, -0.15) is 10.3 Å². The summed E-state index contributed by atoms with van der Waals surface area (Å²) < 4.78 is 0. The van der Waals surface area contributed by atoms with E-state index < -0.39 is 0 Å². The van der Waals surface area contributed by atoms with E-state index in [1.165, 1.54) is 11.1 Å². The van der Waals surface area contributed by atoms with Crippen molar-refractivity contribution in [3.63, 3.8) is 0 Å². The van der Waals surface area contributed by atoms with Crippen LogP contribution in [0, 0.1) is 0 Å². The molecule has 2 heterocycles. The van der Waals surface area contributed by atoms with E-state index in [2.05, 4.69) is 36.9 Å². The zero-order valence-electron chi connectivity index (χ0n) is 11.2. The number of nitrogens with zero attached hydrogens (tertiary/aromatic N) is 4. The molecule has 0 radical (unpaired) electrons. The number of hydrogen-bond acceptors (Lipinski definition) is 4. The number of benzene rings is 1. The van der Waals surface area contributed by atoms with Crippen molar-refractivity contribution in [2.24, 2.45) is 0 Å². The van der Waals surface area contributed by atoms with Crippen LogP contribution in [0.15, 0.2) is 24.3 Å². The second-order valence-corrected chi connectivity index (χ2v) is 5.63. The molecule has 0 amide bonds. The standard InChI is InChI=1S/C14H13ClN6/c15-11-4-2-1-3-9(11)8-5-6-12-10(7-8)13(17-16-12)14-18-20-21-19-14/h1-4,8H,5-7H2,(H,16,17)(H,18,19,20,21). The lowest BCUT2D eigenvalue weighted by Crippen LogP contribution is -2.13. The van der Waals surface area contributed by atoms with Crippen molar-refractivity contribution in [2.45, 2.75) is 25.2 Å². The van der Waals surface area contributed by atoms with Gasteiger partial charge in [0, 0.05) is 16.3 Å². The average Bonchev–Trinajstić information content (AvgIpc) is 3.16. The molecule has 1 aliphatic rings. The summed E-state index contributed by atoms with van der Waals surface area (Å²) in [6, 6.07) is 8.04. The highest BCUT2D eigenvalue weighted by molar-refractivity contribution is 6.31. The van der Waals surface area contributed by atoms with Gasteiger partial charge in [0.2, 0.25) is 5.82 Å². The van der Waals surface area contributed by atoms with Crippen LogP contribution >= 0.6 is 11.6 Å². The van der Waals surface area contributed by atoms with Gasteiger partial charge in [-0.25, -0.2) is 0 Å². The van der Waals surface area contributed by atoms with Gasteiger partial charge >= 0.3 is 0 Å². The average molecular weight is 301 g/mol. The fourth-order valence-corrected chi connectivity index (χ4v) is 3.30. The molecule has 0 fully saturated rings. The van der Waals surface area contributed by atoms with Gasteiger partial charge in [0.15, 0.2) is 0 Å². The summed E-state index contributed by atoms with van der Waals surface area (Å²) in [5.41, 5.74) is 4.33. The molecule has 0 aliphatic heterocycles. The second kappa shape index (κ2) is 4.96. The van der Waals surface area contributed by atoms with Crippen LogP contribution < -0.4 is 0 Å². The van der Waals surface area contributed by atoms with Crippen molar-refractivity contribution < 1.29 is 0 Å². The van der Waals surface area contributed by atoms with Gasteiger partial charge < -0.3 is 0 Å². The summed E-state index contributed by atoms with van der Waals surface area (Å²) in [6.45, 7) is 0. The zero-order chi connectivity index (χ0) is 14.2. The number of aryl methyl sites for hydroxylation is 1. The van der Waals surface area contributed by atoms with Crippen LogP contribution in [0.2, 0.25) is 5.02 Å². The van der Waals surface area contributed by atoms with Crippen LogP contribution in [0.25, 0.3) is 11.5 Å². The van der Waals surface area contributed by atoms with Crippen LogP contribution in [-0.4, -0.2) is 30.8 Å². The van der Waals surface area contributed by atoms with E-state index in [9.17, 15) is 0 Å². The van der Waals surface area contributed by atoms with Crippen LogP contribution in [0.1, 0.15) is 29.2 Å². The molecule has 4 rings (SSSR count). The molecule has 0 bridgehead atoms. The third-order valence-electron chi connectivity index (χ3n) is 4.05. The minimum Gasteiger partial charge on any atom is -0.282 e. The summed E-state index contributed by atoms with van der Waals surface area (Å²) in [4.78, 5) is 0. The molecular formula is C14H13ClN6. The first kappa shape index (κ1) is 12.5. The van der Waals surface area contributed by atoms with Crippen molar-refractivity contribution in [1.29, 1.82) is 0 Å². The monoisotopic (exact) mass is 300 g/mol. The predicted octanol–water partition coefficient (Wildman–Crippen LogP) is 2.52. The summed E-state index contributed by atoms with van der Waals surface area (Å²) in [6.07, 6.45) is 2.90. The number of H-pyrrole nitrogens is 2. The Labute approximate surface area is 125 Å². The molecule has 106 valence electrons. The highest BCUT2D eigenvalue weighted by atomic mass is 35.5. The van der Waals surface area contributed by atoms with E-state index in [1.807, 2.05) is 18.2 Å². The summed E-state index contributed by atoms with van der Waals surface area (Å²) in [5.74, 6) is 0.932. The van der Waals surface area contributed by atoms with Crippen LogP contribution in [0.4, 0.5) is 0 Å². The van der Waals surface area contributed by atoms with Gasteiger partial charge in [-0.05, 0) is 42.0 Å². The lowest BCUT2D eigenvalue weighted by atomic mass is 9.82. The number of tetrazole rings is 1. The van der Waals surface area contributed by atoms with Crippen molar-refractivity contribution in [2.75, 3.05) is 0 Å². The molecule has 2 N–H and O–H groups in total. The Morgan fingerprint density at radius 3 is 2.90 bits per heavy atom. The fourth-order valence-electron chi connectivity index (χ4n) is 3.01. The van der Waals surface area contributed by atoms with Crippen molar-refractivity contribution in [3.05, 3.63) is 46.1 Å². The van der Waals surface area contributed by atoms with E-state index >= 15 is 0 Å². The molecule has 0 saturated carbocycles. The zero-order valence-corrected chi connectivity index (χ0v) is 11.9. The molecule has 1 atom stereocenters. The quantitative estimate of drug-likeness (QED) is 0.762. The Kier molecular flexibility index (Phi) is 2.96. The van der Waals surface area contributed by atoms with Crippen molar-refractivity contribution >= 4 is 11.6 Å². The molecule has 3 aromatic rings. The summed E-state index contributed by atoms with van der Waals surface area (Å²) in [7, 11) is 0. The predicted molar refractivity (Wildman–Crippen MR) is 78.0 cm³/mol. The molecule has 21 heavy (non-hydrogen) atoms. The molecule has 1 unspecified atom stereocenters. The molecule has 1 aromatic carbocycles. The Morgan fingerprint density at radius 2 is 2.10 bits per heavy atom. The van der Waals surface area contributed by atoms with E-state index in [4.69, 9.17) is 11.6 Å². The van der Waals surface area contributed by atoms with Crippen LogP contribution in [0.5, 0.6) is 0 Å². The molecule has 1 aliphatic carbocycles. The number of aromatic nitrogens is 6. The SMILES string of the molecule is Clc1ccccc1C1CCc2[nH]nc(-c3nn[nH]n3)c2C1. The first-order valence-electron chi connectivity index (χ1n) is 6.87. The van der Waals surface area contributed by atoms with Gasteiger partial charge in [-0.15, -0.1) is 10.2 Å². The first-order chi connectivity index (χ1) is 10.3. The lowest BCUT2D eigenvalue weighted by Gasteiger charge is -2.23. The number of aromatic amines is 2. The minimum absolute atomic E-state index is 0.398. The normalized spacial score (nSPS) is 17.7. The van der Waals surface area contributed by atoms with Gasteiger partial charge in [0.05, 0.1) is 0 Å². The second-order valence-electron chi connectivity index (χ2n) is 5.23. The van der Waals surface area contributed by atoms with Crippen LogP contribution in [0.3, 0.4) is 0 Å². The molecule has 7 heteroatoms. The maximum Gasteiger partial charge on any atom is 0.225 e. The number of fused-ring (bicyclic) bond motifs is 1.